The normalized spacial score (nSPS) is 10.9. The fourth-order valence-corrected chi connectivity index (χ4v) is 3.39. The molecule has 2 aromatic rings. The summed E-state index contributed by atoms with van der Waals surface area (Å²) in [4.78, 5) is 22.8. The molecule has 0 radical (unpaired) electrons. The number of hydrogen-bond donors (Lipinski definition) is 1. The van der Waals surface area contributed by atoms with Crippen molar-refractivity contribution in [2.75, 3.05) is 31.3 Å². The number of sulfonamides is 1. The molecule has 0 aliphatic carbocycles. The Hall–Kier alpha value is -3.34. The first-order valence-electron chi connectivity index (χ1n) is 8.35. The number of benzene rings is 2. The van der Waals surface area contributed by atoms with Crippen molar-refractivity contribution in [1.29, 1.82) is 0 Å². The van der Waals surface area contributed by atoms with Crippen LogP contribution in [0.4, 0.5) is 11.4 Å². The summed E-state index contributed by atoms with van der Waals surface area (Å²) in [5, 5.41) is 13.7. The lowest BCUT2D eigenvalue weighted by Gasteiger charge is -2.23. The van der Waals surface area contributed by atoms with Crippen molar-refractivity contribution in [3.63, 3.8) is 0 Å². The molecule has 1 N–H and O–H groups in total. The van der Waals surface area contributed by atoms with Crippen molar-refractivity contribution in [3.8, 4) is 11.5 Å². The van der Waals surface area contributed by atoms with Gasteiger partial charge in [-0.2, -0.15) is 0 Å². The number of carbonyl (C=O) groups is 1. The van der Waals surface area contributed by atoms with Gasteiger partial charge < -0.3 is 14.8 Å². The smallest absolute Gasteiger partial charge is 0.271 e. The third-order valence-electron chi connectivity index (χ3n) is 3.95. The van der Waals surface area contributed by atoms with Gasteiger partial charge in [0.2, 0.25) is 15.9 Å². The van der Waals surface area contributed by atoms with E-state index >= 15 is 0 Å². The summed E-state index contributed by atoms with van der Waals surface area (Å²) in [5.41, 5.74) is 0.337. The van der Waals surface area contributed by atoms with Crippen molar-refractivity contribution in [3.05, 3.63) is 58.1 Å². The van der Waals surface area contributed by atoms with Gasteiger partial charge in [-0.15, -0.1) is 0 Å². The number of non-ortho nitro benzene ring substituents is 1. The maximum Gasteiger partial charge on any atom is 0.271 e. The first-order chi connectivity index (χ1) is 13.7. The number of rotatable bonds is 9. The van der Waals surface area contributed by atoms with Crippen LogP contribution in [0.2, 0.25) is 0 Å². The van der Waals surface area contributed by atoms with Gasteiger partial charge in [-0.1, -0.05) is 12.1 Å². The second kappa shape index (κ2) is 9.24. The van der Waals surface area contributed by atoms with Crippen molar-refractivity contribution < 1.29 is 27.6 Å². The van der Waals surface area contributed by atoms with Gasteiger partial charge in [-0.05, 0) is 23.8 Å². The fourth-order valence-electron chi connectivity index (χ4n) is 2.54. The Morgan fingerprint density at radius 3 is 2.48 bits per heavy atom. The van der Waals surface area contributed by atoms with Crippen LogP contribution in [0.15, 0.2) is 42.5 Å². The summed E-state index contributed by atoms with van der Waals surface area (Å²) in [6.45, 7) is -0.417. The van der Waals surface area contributed by atoms with E-state index in [4.69, 9.17) is 9.47 Å². The van der Waals surface area contributed by atoms with Gasteiger partial charge in [-0.25, -0.2) is 8.42 Å². The maximum absolute atomic E-state index is 12.4. The Morgan fingerprint density at radius 2 is 1.90 bits per heavy atom. The van der Waals surface area contributed by atoms with Crippen LogP contribution in [0.5, 0.6) is 11.5 Å². The molecule has 29 heavy (non-hydrogen) atoms. The zero-order valence-corrected chi connectivity index (χ0v) is 16.9. The molecule has 0 aliphatic heterocycles. The highest BCUT2D eigenvalue weighted by molar-refractivity contribution is 7.92. The topological polar surface area (TPSA) is 128 Å². The number of nitrogens with one attached hydrogen (secondary N) is 1. The number of hydrogen-bond acceptors (Lipinski definition) is 7. The molecule has 0 heterocycles. The maximum atomic E-state index is 12.4. The van der Waals surface area contributed by atoms with E-state index in [0.29, 0.717) is 5.75 Å². The first-order valence-corrected chi connectivity index (χ1v) is 10.2. The summed E-state index contributed by atoms with van der Waals surface area (Å²) in [7, 11) is -1.11. The highest BCUT2D eigenvalue weighted by atomic mass is 32.2. The SMILES string of the molecule is COc1cccc(CNC(=O)CN(c2cc([N+](=O)[O-])ccc2OC)S(C)(=O)=O)c1. The molecular weight excluding hydrogens is 402 g/mol. The second-order valence-electron chi connectivity index (χ2n) is 6.01. The summed E-state index contributed by atoms with van der Waals surface area (Å²) in [5.74, 6) is 0.115. The minimum absolute atomic E-state index is 0.0848. The molecule has 0 atom stereocenters. The fraction of sp³-hybridized carbons (Fsp3) is 0.278. The van der Waals surface area contributed by atoms with Crippen LogP contribution in [0.3, 0.4) is 0 Å². The quantitative estimate of drug-likeness (QED) is 0.480. The van der Waals surface area contributed by atoms with E-state index in [2.05, 4.69) is 5.32 Å². The molecule has 0 bridgehead atoms. The van der Waals surface area contributed by atoms with Crippen molar-refractivity contribution in [2.45, 2.75) is 6.54 Å². The van der Waals surface area contributed by atoms with Gasteiger partial charge in [0.25, 0.3) is 5.69 Å². The van der Waals surface area contributed by atoms with E-state index in [1.165, 1.54) is 26.4 Å². The summed E-state index contributed by atoms with van der Waals surface area (Å²) >= 11 is 0. The van der Waals surface area contributed by atoms with E-state index in [9.17, 15) is 23.3 Å². The lowest BCUT2D eigenvalue weighted by atomic mass is 10.2. The number of nitrogens with zero attached hydrogens (tertiary/aromatic N) is 2. The number of nitro groups is 1. The zero-order valence-electron chi connectivity index (χ0n) is 16.1. The van der Waals surface area contributed by atoms with Crippen LogP contribution in [0.1, 0.15) is 5.56 Å². The van der Waals surface area contributed by atoms with Crippen LogP contribution < -0.4 is 19.1 Å². The largest absolute Gasteiger partial charge is 0.497 e. The molecule has 0 saturated carbocycles. The lowest BCUT2D eigenvalue weighted by molar-refractivity contribution is -0.384. The summed E-state index contributed by atoms with van der Waals surface area (Å²) < 4.78 is 35.6. The zero-order chi connectivity index (χ0) is 21.6. The van der Waals surface area contributed by atoms with Crippen LogP contribution in [0, 0.1) is 10.1 Å². The number of methoxy groups -OCH3 is 2. The molecule has 0 saturated heterocycles. The first kappa shape index (κ1) is 22.0. The molecule has 1 amide bonds. The minimum Gasteiger partial charge on any atom is -0.497 e. The number of anilines is 1. The molecule has 156 valence electrons. The Balaban J connectivity index is 2.24. The van der Waals surface area contributed by atoms with Crippen LogP contribution in [0.25, 0.3) is 0 Å². The predicted molar refractivity (Wildman–Crippen MR) is 107 cm³/mol. The van der Waals surface area contributed by atoms with Gasteiger partial charge >= 0.3 is 0 Å². The molecule has 0 fully saturated rings. The van der Waals surface area contributed by atoms with E-state index in [1.54, 1.807) is 24.3 Å². The molecule has 2 aromatic carbocycles. The predicted octanol–water partition coefficient (Wildman–Crippen LogP) is 1.69. The van der Waals surface area contributed by atoms with Crippen molar-refractivity contribution >= 4 is 27.3 Å². The van der Waals surface area contributed by atoms with Crippen LogP contribution >= 0.6 is 0 Å². The van der Waals surface area contributed by atoms with E-state index in [-0.39, 0.29) is 23.7 Å². The Labute approximate surface area is 168 Å². The van der Waals surface area contributed by atoms with Gasteiger partial charge in [-0.3, -0.25) is 19.2 Å². The van der Waals surface area contributed by atoms with E-state index < -0.39 is 27.4 Å². The van der Waals surface area contributed by atoms with Gasteiger partial charge in [0, 0.05) is 18.7 Å². The van der Waals surface area contributed by atoms with Crippen LogP contribution in [-0.4, -0.2) is 46.3 Å². The van der Waals surface area contributed by atoms with E-state index in [1.807, 2.05) is 0 Å². The average Bonchev–Trinajstić information content (AvgIpc) is 2.69. The monoisotopic (exact) mass is 423 g/mol. The lowest BCUT2D eigenvalue weighted by Crippen LogP contribution is -2.40. The highest BCUT2D eigenvalue weighted by Gasteiger charge is 2.26. The molecule has 10 nitrogen and oxygen atoms in total. The third-order valence-corrected chi connectivity index (χ3v) is 5.08. The number of carbonyl (C=O) groups excluding carboxylic acids is 1. The second-order valence-corrected chi connectivity index (χ2v) is 7.92. The molecular formula is C18H21N3O7S. The molecule has 0 aliphatic rings. The minimum atomic E-state index is -3.93. The molecule has 2 rings (SSSR count). The standard InChI is InChI=1S/C18H21N3O7S/c1-27-15-6-4-5-13(9-15)11-19-18(22)12-20(29(3,25)26)16-10-14(21(23)24)7-8-17(16)28-2/h4-10H,11-12H2,1-3H3,(H,19,22). The molecule has 0 unspecified atom stereocenters. The van der Waals surface area contributed by atoms with E-state index in [0.717, 1.165) is 22.2 Å². The number of ether oxygens (including phenoxy) is 2. The number of nitro benzene ring substituents is 1. The average molecular weight is 423 g/mol. The summed E-state index contributed by atoms with van der Waals surface area (Å²) in [6.07, 6.45) is 0.903. The Kier molecular flexibility index (Phi) is 6.99. The van der Waals surface area contributed by atoms with Crippen molar-refractivity contribution in [1.82, 2.24) is 5.32 Å². The Morgan fingerprint density at radius 1 is 1.17 bits per heavy atom. The summed E-state index contributed by atoms with van der Waals surface area (Å²) in [6, 6.07) is 10.5. The van der Waals surface area contributed by atoms with Crippen LogP contribution in [-0.2, 0) is 21.4 Å². The molecule has 11 heteroatoms. The van der Waals surface area contributed by atoms with Gasteiger partial charge in [0.1, 0.15) is 23.7 Å². The third kappa shape index (κ3) is 5.82. The molecule has 0 aromatic heterocycles. The van der Waals surface area contributed by atoms with Gasteiger partial charge in [0.15, 0.2) is 0 Å². The number of amides is 1. The molecule has 0 spiro atoms. The van der Waals surface area contributed by atoms with Gasteiger partial charge in [0.05, 0.1) is 25.4 Å². The highest BCUT2D eigenvalue weighted by Crippen LogP contribution is 2.33. The Bertz CT molecular complexity index is 1010. The van der Waals surface area contributed by atoms with Crippen molar-refractivity contribution in [2.24, 2.45) is 0 Å².